The number of aliphatic hydroxyl groups excluding tert-OH is 14. The molecule has 27 nitrogen and oxygen atoms in total. The van der Waals surface area contributed by atoms with Crippen molar-refractivity contribution in [2.45, 2.75) is 287 Å². The van der Waals surface area contributed by atoms with Crippen LogP contribution in [0.1, 0.15) is 127 Å². The number of ether oxygens (including phenoxy) is 11. The molecule has 9 fully saturated rings. The molecule has 88 heavy (non-hydrogen) atoms. The first-order valence-corrected chi connectivity index (χ1v) is 31.4. The van der Waals surface area contributed by atoms with Crippen LogP contribution in [0.4, 0.5) is 0 Å². The first-order valence-electron chi connectivity index (χ1n) is 31.4. The van der Waals surface area contributed by atoms with E-state index in [1.165, 1.54) is 13.8 Å². The van der Waals surface area contributed by atoms with Gasteiger partial charge in [0.2, 0.25) is 6.29 Å². The van der Waals surface area contributed by atoms with Crippen LogP contribution in [0.3, 0.4) is 0 Å². The fourth-order valence-electron chi connectivity index (χ4n) is 17.8. The Labute approximate surface area is 512 Å². The van der Waals surface area contributed by atoms with Crippen molar-refractivity contribution in [1.82, 2.24) is 0 Å². The highest BCUT2D eigenvalue weighted by atomic mass is 16.8. The maximum absolute atomic E-state index is 15.3. The van der Waals surface area contributed by atoms with Crippen LogP contribution in [-0.2, 0) is 61.7 Å². The number of rotatable bonds is 13. The fourth-order valence-corrected chi connectivity index (χ4v) is 17.8. The monoisotopic (exact) mass is 1260 g/mol. The normalized spacial score (nSPS) is 53.5. The van der Waals surface area contributed by atoms with Crippen LogP contribution in [0.15, 0.2) is 11.6 Å². The van der Waals surface area contributed by atoms with E-state index >= 15 is 4.79 Å². The summed E-state index contributed by atoms with van der Waals surface area (Å²) in [7, 11) is 0. The molecule has 0 aromatic carbocycles. The Hall–Kier alpha value is -2.24. The van der Waals surface area contributed by atoms with Crippen molar-refractivity contribution >= 4 is 11.9 Å². The summed E-state index contributed by atoms with van der Waals surface area (Å²) in [6.07, 6.45) is -32.6. The van der Waals surface area contributed by atoms with Gasteiger partial charge in [-0.2, -0.15) is 0 Å². The Morgan fingerprint density at radius 1 is 0.557 bits per heavy atom. The summed E-state index contributed by atoms with van der Waals surface area (Å²) >= 11 is 0. The predicted molar refractivity (Wildman–Crippen MR) is 298 cm³/mol. The number of allylic oxidation sites excluding steroid dienone is 2. The van der Waals surface area contributed by atoms with Crippen molar-refractivity contribution in [3.05, 3.63) is 11.6 Å². The van der Waals surface area contributed by atoms with Gasteiger partial charge in [-0.25, -0.2) is 0 Å². The number of carbonyl (C=O) groups excluding carboxylic acids is 2. The molecule has 0 aromatic heterocycles. The largest absolute Gasteiger partial charge is 0.463 e. The second kappa shape index (κ2) is 25.2. The highest BCUT2D eigenvalue weighted by molar-refractivity contribution is 5.80. The molecule has 10 rings (SSSR count). The topological polar surface area (TPSA) is 419 Å². The molecule has 5 aliphatic carbocycles. The second-order valence-corrected chi connectivity index (χ2v) is 29.4. The van der Waals surface area contributed by atoms with E-state index in [4.69, 9.17) is 52.1 Å². The van der Waals surface area contributed by atoms with Crippen molar-refractivity contribution in [2.24, 2.45) is 50.2 Å². The number of hydrogen-bond acceptors (Lipinski definition) is 27. The zero-order chi connectivity index (χ0) is 64.4. The number of aliphatic hydroxyl groups is 14. The number of fused-ring (bicyclic) bond motifs is 7. The second-order valence-electron chi connectivity index (χ2n) is 29.4. The molecule has 27 heteroatoms. The van der Waals surface area contributed by atoms with Gasteiger partial charge in [-0.3, -0.25) is 9.59 Å². The van der Waals surface area contributed by atoms with Crippen LogP contribution in [0.25, 0.3) is 0 Å². The van der Waals surface area contributed by atoms with Gasteiger partial charge >= 0.3 is 11.9 Å². The predicted octanol–water partition coefficient (Wildman–Crippen LogP) is -1.98. The Morgan fingerprint density at radius 2 is 1.14 bits per heavy atom. The zero-order valence-electron chi connectivity index (χ0n) is 51.9. The van der Waals surface area contributed by atoms with Crippen molar-refractivity contribution < 1.29 is 133 Å². The molecule has 504 valence electrons. The molecule has 0 amide bonds. The smallest absolute Gasteiger partial charge is 0.317 e. The van der Waals surface area contributed by atoms with Crippen molar-refractivity contribution in [2.75, 3.05) is 19.8 Å². The van der Waals surface area contributed by atoms with Gasteiger partial charge in [0.15, 0.2) is 25.2 Å². The molecule has 5 heterocycles. The van der Waals surface area contributed by atoms with Gasteiger partial charge in [-0.05, 0) is 116 Å². The quantitative estimate of drug-likeness (QED) is 0.0540. The molecule has 5 aliphatic heterocycles. The summed E-state index contributed by atoms with van der Waals surface area (Å²) in [5.41, 5.74) is -2.57. The SMILES string of the molecule is CC(=O)OC[C@H]1O[C@@H](OC[C@H]2O[C@@H](OC(=O)[C@]34CCC(C)(C)C[C@H]3C3=CC[C@@H]5[C@@]6(C)CC[C@H](O[C@H]7OC[C@H](O)[C@H](O)[C@H]7O[C@@H]7O[C@@H](C)[C@H](O)[C@@H](O)[C@H]7O)C(C)(C)[C@@H]6CC[C@@]5(C)[C@]3(C)C[C@H]4O)[C@H](O)[C@@H](O)[C@@H]2O)[C@H](O)[C@@H](O)[C@@H]1O[C@@H]1O[C@@H](C)[C@H](O)[C@@H](O)[C@H]1O. The Bertz CT molecular complexity index is 2500. The summed E-state index contributed by atoms with van der Waals surface area (Å²) in [4.78, 5) is 27.3. The van der Waals surface area contributed by atoms with E-state index in [-0.39, 0.29) is 42.1 Å². The lowest BCUT2D eigenvalue weighted by Gasteiger charge is -2.71. The van der Waals surface area contributed by atoms with Crippen molar-refractivity contribution in [3.63, 3.8) is 0 Å². The highest BCUT2D eigenvalue weighted by Gasteiger charge is 2.72. The van der Waals surface area contributed by atoms with E-state index in [2.05, 4.69) is 54.5 Å². The lowest BCUT2D eigenvalue weighted by Crippen LogP contribution is -2.68. The molecule has 0 bridgehead atoms. The third-order valence-corrected chi connectivity index (χ3v) is 23.3. The number of hydrogen-bond donors (Lipinski definition) is 14. The van der Waals surface area contributed by atoms with Crippen LogP contribution >= 0.6 is 0 Å². The molecule has 0 unspecified atom stereocenters. The highest BCUT2D eigenvalue weighted by Crippen LogP contribution is 2.76. The van der Waals surface area contributed by atoms with E-state index in [1.54, 1.807) is 0 Å². The Balaban J connectivity index is 0.842. The maximum Gasteiger partial charge on any atom is 0.317 e. The third kappa shape index (κ3) is 11.7. The first kappa shape index (κ1) is 68.6. The number of carbonyl (C=O) groups is 2. The van der Waals surface area contributed by atoms with E-state index in [0.717, 1.165) is 31.8 Å². The van der Waals surface area contributed by atoms with Gasteiger partial charge < -0.3 is 124 Å². The van der Waals surface area contributed by atoms with Crippen LogP contribution in [0, 0.1) is 50.2 Å². The summed E-state index contributed by atoms with van der Waals surface area (Å²) in [6.45, 7) is 17.9. The zero-order valence-corrected chi connectivity index (χ0v) is 51.9. The van der Waals surface area contributed by atoms with E-state index < -0.39 is 212 Å². The minimum absolute atomic E-state index is 0.0920. The molecule has 33 atom stereocenters. The molecule has 4 saturated carbocycles. The molecule has 0 aromatic rings. The summed E-state index contributed by atoms with van der Waals surface area (Å²) < 4.78 is 65.0. The fraction of sp³-hybridized carbons (Fsp3) is 0.934. The van der Waals surface area contributed by atoms with Crippen molar-refractivity contribution in [1.29, 1.82) is 0 Å². The minimum Gasteiger partial charge on any atom is -0.463 e. The lowest BCUT2D eigenvalue weighted by molar-refractivity contribution is -0.364. The van der Waals surface area contributed by atoms with E-state index in [1.807, 2.05) is 0 Å². The van der Waals surface area contributed by atoms with Crippen molar-refractivity contribution in [3.8, 4) is 0 Å². The Morgan fingerprint density at radius 3 is 1.76 bits per heavy atom. The van der Waals surface area contributed by atoms with Gasteiger partial charge in [0.05, 0.1) is 37.6 Å². The van der Waals surface area contributed by atoms with Gasteiger partial charge in [0.25, 0.3) is 0 Å². The minimum atomic E-state index is -1.99. The van der Waals surface area contributed by atoms with Crippen LogP contribution in [-0.4, -0.2) is 263 Å². The summed E-state index contributed by atoms with van der Waals surface area (Å²) in [5.74, 6) is -1.97. The van der Waals surface area contributed by atoms with Gasteiger partial charge in [0, 0.05) is 6.92 Å². The molecule has 14 N–H and O–H groups in total. The van der Waals surface area contributed by atoms with Crippen LogP contribution in [0.2, 0.25) is 0 Å². The average Bonchev–Trinajstić information content (AvgIpc) is 0.677. The standard InChI is InChI=1S/C61H98O27/c1-24-36(65)40(69)44(73)51(81-24)86-48-31(23-78-26(3)62)84-50(47(76)43(48)72)80-22-30-39(68)42(71)46(75)53(83-30)88-55(77)61-18-17-56(4,5)19-28(61)27-11-12-33-58(8)15-14-35(57(6,7)32(58)13-16-59(33,9)60(27,10)20-34(61)64)85-54-49(38(67)29(63)21-79-54)87-52-45(74)41(70)37(66)25(2)82-52/h11,24-25,28-54,63-76H,12-23H2,1-10H3/t24-,25-,28-,29-,30+,31+,32-,33+,34+,35-,36-,37-,38-,39+,40+,41+,42-,43+,44+,45+,46+,47+,48+,49+,50+,51-,52-,53-,54+,58-,59+,60+,61+/m0/s1. The van der Waals surface area contributed by atoms with Gasteiger partial charge in [-0.1, -0.05) is 60.1 Å². The van der Waals surface area contributed by atoms with Crippen LogP contribution in [0.5, 0.6) is 0 Å². The molecule has 0 radical (unpaired) electrons. The third-order valence-electron chi connectivity index (χ3n) is 23.3. The maximum atomic E-state index is 15.3. The lowest BCUT2D eigenvalue weighted by atomic mass is 9.33. The summed E-state index contributed by atoms with van der Waals surface area (Å²) in [6, 6.07) is 0. The first-order chi connectivity index (χ1) is 41.0. The molecule has 0 spiro atoms. The van der Waals surface area contributed by atoms with Gasteiger partial charge in [-0.15, -0.1) is 0 Å². The van der Waals surface area contributed by atoms with E-state index in [9.17, 15) is 76.3 Å². The average molecular weight is 1260 g/mol. The molecule has 5 saturated heterocycles. The van der Waals surface area contributed by atoms with Gasteiger partial charge in [0.1, 0.15) is 116 Å². The molecular formula is C61H98O27. The summed E-state index contributed by atoms with van der Waals surface area (Å²) in [5, 5.41) is 155. The van der Waals surface area contributed by atoms with Crippen LogP contribution < -0.4 is 0 Å². The van der Waals surface area contributed by atoms with E-state index in [0.29, 0.717) is 25.7 Å². The Kier molecular flexibility index (Phi) is 19.6. The molecular weight excluding hydrogens is 1160 g/mol. The number of esters is 2. The molecule has 10 aliphatic rings.